The first-order valence-electron chi connectivity index (χ1n) is 9.78. The summed E-state index contributed by atoms with van der Waals surface area (Å²) in [6.07, 6.45) is 1.65. The quantitative estimate of drug-likeness (QED) is 0.631. The van der Waals surface area contributed by atoms with Gasteiger partial charge < -0.3 is 15.1 Å². The molecule has 1 saturated heterocycles. The number of pyridine rings is 1. The Kier molecular flexibility index (Phi) is 6.48. The number of thiophene rings is 1. The number of nitrogens with zero attached hydrogens (tertiary/aromatic N) is 3. The molecule has 1 fully saturated rings. The van der Waals surface area contributed by atoms with Crippen molar-refractivity contribution >= 4 is 40.6 Å². The number of halogens is 2. The van der Waals surface area contributed by atoms with Gasteiger partial charge in [-0.2, -0.15) is 0 Å². The third-order valence-corrected chi connectivity index (χ3v) is 6.27. The van der Waals surface area contributed by atoms with E-state index in [4.69, 9.17) is 11.6 Å². The SMILES string of the molecule is O=C(NCc1cccs1)c1cccnc1N1CCN(C(=O)c2cc(F)ccc2Cl)CC1. The number of hydrogen-bond donors (Lipinski definition) is 1. The van der Waals surface area contributed by atoms with Crippen molar-refractivity contribution in [2.24, 2.45) is 0 Å². The normalized spacial score (nSPS) is 13.9. The van der Waals surface area contributed by atoms with E-state index in [2.05, 4.69) is 10.3 Å². The van der Waals surface area contributed by atoms with Gasteiger partial charge in [-0.1, -0.05) is 17.7 Å². The van der Waals surface area contributed by atoms with Gasteiger partial charge in [-0.15, -0.1) is 11.3 Å². The Labute approximate surface area is 188 Å². The van der Waals surface area contributed by atoms with Crippen LogP contribution >= 0.6 is 22.9 Å². The molecule has 0 bridgehead atoms. The summed E-state index contributed by atoms with van der Waals surface area (Å²) >= 11 is 7.66. The molecule has 3 aromatic rings. The van der Waals surface area contributed by atoms with Crippen LogP contribution in [0.25, 0.3) is 0 Å². The van der Waals surface area contributed by atoms with Gasteiger partial charge in [0.15, 0.2) is 0 Å². The van der Waals surface area contributed by atoms with Crippen LogP contribution in [0.1, 0.15) is 25.6 Å². The number of aromatic nitrogens is 1. The van der Waals surface area contributed by atoms with Crippen LogP contribution in [0.15, 0.2) is 54.0 Å². The fourth-order valence-electron chi connectivity index (χ4n) is 3.46. The van der Waals surface area contributed by atoms with Gasteiger partial charge in [-0.3, -0.25) is 9.59 Å². The minimum Gasteiger partial charge on any atom is -0.352 e. The molecular weight excluding hydrogens is 439 g/mol. The molecule has 31 heavy (non-hydrogen) atoms. The Morgan fingerprint density at radius 1 is 1.10 bits per heavy atom. The van der Waals surface area contributed by atoms with E-state index in [1.807, 2.05) is 22.4 Å². The number of amides is 2. The zero-order valence-corrected chi connectivity index (χ0v) is 18.1. The highest BCUT2D eigenvalue weighted by molar-refractivity contribution is 7.09. The van der Waals surface area contributed by atoms with Crippen LogP contribution < -0.4 is 10.2 Å². The Hall–Kier alpha value is -2.97. The first-order chi connectivity index (χ1) is 15.0. The van der Waals surface area contributed by atoms with Crippen molar-refractivity contribution in [2.75, 3.05) is 31.1 Å². The maximum absolute atomic E-state index is 13.5. The van der Waals surface area contributed by atoms with Crippen LogP contribution in [0.5, 0.6) is 0 Å². The average molecular weight is 459 g/mol. The van der Waals surface area contributed by atoms with Crippen molar-refractivity contribution in [1.29, 1.82) is 0 Å². The second kappa shape index (κ2) is 9.45. The standard InChI is InChI=1S/C22H20ClFN4O2S/c23-19-6-5-15(24)13-18(19)22(30)28-10-8-27(9-11-28)20-17(4-1-7-25-20)21(29)26-14-16-3-2-12-31-16/h1-7,12-13H,8-11,14H2,(H,26,29). The highest BCUT2D eigenvalue weighted by Crippen LogP contribution is 2.23. The summed E-state index contributed by atoms with van der Waals surface area (Å²) in [6, 6.07) is 11.2. The Morgan fingerprint density at radius 3 is 2.65 bits per heavy atom. The number of carbonyl (C=O) groups excluding carboxylic acids is 2. The Morgan fingerprint density at radius 2 is 1.90 bits per heavy atom. The summed E-state index contributed by atoms with van der Waals surface area (Å²) < 4.78 is 13.5. The lowest BCUT2D eigenvalue weighted by Crippen LogP contribution is -2.49. The lowest BCUT2D eigenvalue weighted by molar-refractivity contribution is 0.0745. The zero-order chi connectivity index (χ0) is 21.8. The van der Waals surface area contributed by atoms with E-state index in [0.717, 1.165) is 10.9 Å². The van der Waals surface area contributed by atoms with E-state index in [9.17, 15) is 14.0 Å². The number of nitrogens with one attached hydrogen (secondary N) is 1. The molecule has 1 N–H and O–H groups in total. The van der Waals surface area contributed by atoms with Crippen molar-refractivity contribution in [3.05, 3.63) is 80.9 Å². The summed E-state index contributed by atoms with van der Waals surface area (Å²) in [7, 11) is 0. The van der Waals surface area contributed by atoms with Crippen LogP contribution in [0.3, 0.4) is 0 Å². The van der Waals surface area contributed by atoms with E-state index >= 15 is 0 Å². The maximum atomic E-state index is 13.5. The highest BCUT2D eigenvalue weighted by atomic mass is 35.5. The Balaban J connectivity index is 1.42. The average Bonchev–Trinajstić information content (AvgIpc) is 3.32. The Bertz CT molecular complexity index is 1080. The largest absolute Gasteiger partial charge is 0.352 e. The molecule has 2 aromatic heterocycles. The zero-order valence-electron chi connectivity index (χ0n) is 16.6. The first kappa shape index (κ1) is 21.3. The van der Waals surface area contributed by atoms with Crippen LogP contribution in [0, 0.1) is 5.82 Å². The molecule has 9 heteroatoms. The molecule has 1 aliphatic rings. The molecule has 1 aromatic carbocycles. The number of benzene rings is 1. The third kappa shape index (κ3) is 4.86. The molecule has 4 rings (SSSR count). The fraction of sp³-hybridized carbons (Fsp3) is 0.227. The molecule has 6 nitrogen and oxygen atoms in total. The van der Waals surface area contributed by atoms with Gasteiger partial charge in [-0.25, -0.2) is 9.37 Å². The van der Waals surface area contributed by atoms with Crippen LogP contribution in [-0.2, 0) is 6.54 Å². The van der Waals surface area contributed by atoms with Gasteiger partial charge in [0.25, 0.3) is 11.8 Å². The lowest BCUT2D eigenvalue weighted by atomic mass is 10.1. The molecule has 0 unspecified atom stereocenters. The van der Waals surface area contributed by atoms with Crippen molar-refractivity contribution in [1.82, 2.24) is 15.2 Å². The van der Waals surface area contributed by atoms with Gasteiger partial charge in [0.05, 0.1) is 22.7 Å². The number of hydrogen-bond acceptors (Lipinski definition) is 5. The topological polar surface area (TPSA) is 65.5 Å². The monoisotopic (exact) mass is 458 g/mol. The van der Waals surface area contributed by atoms with Crippen LogP contribution in [-0.4, -0.2) is 47.9 Å². The number of rotatable bonds is 5. The third-order valence-electron chi connectivity index (χ3n) is 5.06. The minimum absolute atomic E-state index is 0.154. The predicted molar refractivity (Wildman–Crippen MR) is 119 cm³/mol. The van der Waals surface area contributed by atoms with Crippen LogP contribution in [0.2, 0.25) is 5.02 Å². The molecule has 1 aliphatic heterocycles. The van der Waals surface area contributed by atoms with Crippen LogP contribution in [0.4, 0.5) is 10.2 Å². The van der Waals surface area contributed by atoms with Gasteiger partial charge in [0, 0.05) is 37.3 Å². The molecule has 0 aliphatic carbocycles. The molecule has 2 amide bonds. The fourth-order valence-corrected chi connectivity index (χ4v) is 4.30. The summed E-state index contributed by atoms with van der Waals surface area (Å²) in [6.45, 7) is 2.29. The van der Waals surface area contributed by atoms with Gasteiger partial charge >= 0.3 is 0 Å². The maximum Gasteiger partial charge on any atom is 0.255 e. The van der Waals surface area contributed by atoms with E-state index < -0.39 is 5.82 Å². The van der Waals surface area contributed by atoms with Crippen molar-refractivity contribution in [3.8, 4) is 0 Å². The number of piperazine rings is 1. The van der Waals surface area contributed by atoms with E-state index in [1.54, 1.807) is 34.6 Å². The lowest BCUT2D eigenvalue weighted by Gasteiger charge is -2.36. The second-order valence-corrected chi connectivity index (χ2v) is 8.48. The first-order valence-corrected chi connectivity index (χ1v) is 11.0. The number of carbonyl (C=O) groups is 2. The van der Waals surface area contributed by atoms with E-state index in [-0.39, 0.29) is 22.4 Å². The second-order valence-electron chi connectivity index (χ2n) is 7.04. The molecule has 0 atom stereocenters. The molecule has 0 radical (unpaired) electrons. The molecule has 3 heterocycles. The van der Waals surface area contributed by atoms with Crippen molar-refractivity contribution in [2.45, 2.75) is 6.54 Å². The summed E-state index contributed by atoms with van der Waals surface area (Å²) in [5.41, 5.74) is 0.647. The van der Waals surface area contributed by atoms with Crippen molar-refractivity contribution < 1.29 is 14.0 Å². The van der Waals surface area contributed by atoms with E-state index in [0.29, 0.717) is 44.1 Å². The minimum atomic E-state index is -0.502. The number of anilines is 1. The van der Waals surface area contributed by atoms with Gasteiger partial charge in [-0.05, 0) is 41.8 Å². The molecular formula is C22H20ClFN4O2S. The smallest absolute Gasteiger partial charge is 0.255 e. The molecule has 0 saturated carbocycles. The summed E-state index contributed by atoms with van der Waals surface area (Å²) in [5.74, 6) is -0.416. The summed E-state index contributed by atoms with van der Waals surface area (Å²) in [4.78, 5) is 34.6. The van der Waals surface area contributed by atoms with Gasteiger partial charge in [0.2, 0.25) is 0 Å². The van der Waals surface area contributed by atoms with Crippen molar-refractivity contribution in [3.63, 3.8) is 0 Å². The van der Waals surface area contributed by atoms with Gasteiger partial charge in [0.1, 0.15) is 11.6 Å². The molecule has 160 valence electrons. The van der Waals surface area contributed by atoms with E-state index in [1.165, 1.54) is 12.1 Å². The highest BCUT2D eigenvalue weighted by Gasteiger charge is 2.26. The molecule has 0 spiro atoms. The predicted octanol–water partition coefficient (Wildman–Crippen LogP) is 3.83. The summed E-state index contributed by atoms with van der Waals surface area (Å²) in [5, 5.41) is 5.12.